The minimum atomic E-state index is -0.0686. The maximum Gasteiger partial charge on any atom is 0.228 e. The van der Waals surface area contributed by atoms with Crippen molar-refractivity contribution in [3.8, 4) is 0 Å². The number of aromatic nitrogens is 2. The number of hydrogen-bond acceptors (Lipinski definition) is 5. The van der Waals surface area contributed by atoms with Gasteiger partial charge in [-0.1, -0.05) is 11.6 Å². The molecule has 0 saturated carbocycles. The van der Waals surface area contributed by atoms with Crippen LogP contribution < -0.4 is 10.2 Å². The summed E-state index contributed by atoms with van der Waals surface area (Å²) < 4.78 is 0. The number of nitrogens with zero attached hydrogens (tertiary/aromatic N) is 3. The van der Waals surface area contributed by atoms with Crippen LogP contribution in [0.4, 0.5) is 11.5 Å². The van der Waals surface area contributed by atoms with E-state index in [9.17, 15) is 9.90 Å². The van der Waals surface area contributed by atoms with E-state index in [-0.39, 0.29) is 18.4 Å². The highest BCUT2D eigenvalue weighted by atomic mass is 35.5. The quantitative estimate of drug-likeness (QED) is 0.889. The van der Waals surface area contributed by atoms with E-state index in [1.54, 1.807) is 18.3 Å². The molecule has 0 radical (unpaired) electrons. The van der Waals surface area contributed by atoms with Gasteiger partial charge in [-0.05, 0) is 37.1 Å². The molecule has 3 rings (SSSR count). The molecule has 2 aromatic heterocycles. The summed E-state index contributed by atoms with van der Waals surface area (Å²) in [5.41, 5.74) is 1.69. The zero-order valence-corrected chi connectivity index (χ0v) is 13.9. The molecule has 1 aliphatic rings. The number of anilines is 2. The fraction of sp³-hybridized carbons (Fsp3) is 0.353. The Morgan fingerprint density at radius 3 is 2.75 bits per heavy atom. The van der Waals surface area contributed by atoms with Gasteiger partial charge in [0.05, 0.1) is 17.3 Å². The molecule has 1 amide bonds. The average Bonchev–Trinajstić information content (AvgIpc) is 2.64. The second-order valence-corrected chi connectivity index (χ2v) is 6.21. The number of piperidine rings is 1. The molecule has 0 unspecified atom stereocenters. The highest BCUT2D eigenvalue weighted by Gasteiger charge is 2.25. The second kappa shape index (κ2) is 7.59. The van der Waals surface area contributed by atoms with E-state index in [4.69, 9.17) is 11.6 Å². The monoisotopic (exact) mass is 346 g/mol. The van der Waals surface area contributed by atoms with Crippen LogP contribution in [0.25, 0.3) is 0 Å². The molecule has 2 N–H and O–H groups in total. The van der Waals surface area contributed by atoms with Crippen molar-refractivity contribution in [2.24, 2.45) is 5.92 Å². The van der Waals surface area contributed by atoms with Crippen molar-refractivity contribution < 1.29 is 9.90 Å². The minimum absolute atomic E-state index is 0.00440. The molecule has 7 heteroatoms. The Balaban J connectivity index is 1.56. The Labute approximate surface area is 145 Å². The van der Waals surface area contributed by atoms with Crippen LogP contribution in [0.15, 0.2) is 36.7 Å². The summed E-state index contributed by atoms with van der Waals surface area (Å²) in [6, 6.07) is 7.22. The first-order valence-corrected chi connectivity index (χ1v) is 8.26. The van der Waals surface area contributed by atoms with E-state index in [1.165, 1.54) is 6.20 Å². The molecular weight excluding hydrogens is 328 g/mol. The number of hydrogen-bond donors (Lipinski definition) is 2. The number of halogens is 1. The predicted octanol–water partition coefficient (Wildman–Crippen LogP) is 2.48. The molecule has 0 aromatic carbocycles. The number of aliphatic hydroxyl groups excluding tert-OH is 1. The second-order valence-electron chi connectivity index (χ2n) is 5.78. The Kier molecular flexibility index (Phi) is 5.27. The fourth-order valence-electron chi connectivity index (χ4n) is 2.83. The summed E-state index contributed by atoms with van der Waals surface area (Å²) in [7, 11) is 0. The number of nitrogens with one attached hydrogen (secondary N) is 1. The van der Waals surface area contributed by atoms with Crippen molar-refractivity contribution >= 4 is 29.0 Å². The van der Waals surface area contributed by atoms with Gasteiger partial charge < -0.3 is 15.3 Å². The molecule has 0 spiro atoms. The van der Waals surface area contributed by atoms with E-state index < -0.39 is 0 Å². The Bertz CT molecular complexity index is 700. The first-order chi connectivity index (χ1) is 11.7. The number of pyridine rings is 2. The maximum atomic E-state index is 12.4. The number of aliphatic hydroxyl groups is 1. The lowest BCUT2D eigenvalue weighted by molar-refractivity contribution is -0.120. The molecule has 24 heavy (non-hydrogen) atoms. The van der Waals surface area contributed by atoms with E-state index in [0.717, 1.165) is 31.6 Å². The zero-order chi connectivity index (χ0) is 16.9. The van der Waals surface area contributed by atoms with Crippen molar-refractivity contribution in [1.82, 2.24) is 9.97 Å². The van der Waals surface area contributed by atoms with Crippen molar-refractivity contribution in [1.29, 1.82) is 0 Å². The minimum Gasteiger partial charge on any atom is -0.390 e. The zero-order valence-electron chi connectivity index (χ0n) is 13.2. The molecule has 126 valence electrons. The molecule has 3 heterocycles. The van der Waals surface area contributed by atoms with Gasteiger partial charge in [0.15, 0.2) is 0 Å². The smallest absolute Gasteiger partial charge is 0.228 e. The first-order valence-electron chi connectivity index (χ1n) is 7.89. The van der Waals surface area contributed by atoms with Gasteiger partial charge in [0.1, 0.15) is 5.82 Å². The normalized spacial score (nSPS) is 15.3. The summed E-state index contributed by atoms with van der Waals surface area (Å²) in [6.45, 7) is 1.52. The van der Waals surface area contributed by atoms with Gasteiger partial charge in [0.25, 0.3) is 0 Å². The van der Waals surface area contributed by atoms with E-state index in [1.807, 2.05) is 12.1 Å². The lowest BCUT2D eigenvalue weighted by Crippen LogP contribution is -2.38. The number of carbonyl (C=O) groups excluding carboxylic acids is 1. The third kappa shape index (κ3) is 4.01. The van der Waals surface area contributed by atoms with Crippen molar-refractivity contribution in [3.05, 3.63) is 47.4 Å². The van der Waals surface area contributed by atoms with Crippen LogP contribution in [0.3, 0.4) is 0 Å². The molecule has 0 aliphatic carbocycles. The van der Waals surface area contributed by atoms with Gasteiger partial charge in [0, 0.05) is 37.1 Å². The van der Waals surface area contributed by atoms with E-state index in [2.05, 4.69) is 20.2 Å². The van der Waals surface area contributed by atoms with Gasteiger partial charge in [-0.2, -0.15) is 0 Å². The van der Waals surface area contributed by atoms with Crippen molar-refractivity contribution in [2.45, 2.75) is 19.4 Å². The van der Waals surface area contributed by atoms with Gasteiger partial charge in [0.2, 0.25) is 5.91 Å². The fourth-order valence-corrected chi connectivity index (χ4v) is 2.94. The largest absolute Gasteiger partial charge is 0.390 e. The predicted molar refractivity (Wildman–Crippen MR) is 93.0 cm³/mol. The van der Waals surface area contributed by atoms with Crippen LogP contribution in [0.2, 0.25) is 5.02 Å². The lowest BCUT2D eigenvalue weighted by atomic mass is 9.95. The molecule has 2 aromatic rings. The lowest BCUT2D eigenvalue weighted by Gasteiger charge is -2.33. The Morgan fingerprint density at radius 1 is 1.29 bits per heavy atom. The maximum absolute atomic E-state index is 12.4. The number of rotatable bonds is 4. The summed E-state index contributed by atoms with van der Waals surface area (Å²) in [5.74, 6) is 0.488. The van der Waals surface area contributed by atoms with E-state index in [0.29, 0.717) is 16.5 Å². The Hall–Kier alpha value is -2.18. The Morgan fingerprint density at radius 2 is 2.08 bits per heavy atom. The van der Waals surface area contributed by atoms with Crippen molar-refractivity contribution in [2.75, 3.05) is 23.3 Å². The topological polar surface area (TPSA) is 78.4 Å². The third-order valence-corrected chi connectivity index (χ3v) is 4.40. The molecule has 1 fully saturated rings. The highest BCUT2D eigenvalue weighted by molar-refractivity contribution is 6.30. The SMILES string of the molecule is O=C(Nc1ccc(Cl)cn1)C1CCN(c2ccnc(CO)c2)CC1. The highest BCUT2D eigenvalue weighted by Crippen LogP contribution is 2.24. The van der Waals surface area contributed by atoms with Crippen LogP contribution in [0.1, 0.15) is 18.5 Å². The average molecular weight is 347 g/mol. The molecule has 0 atom stereocenters. The van der Waals surface area contributed by atoms with Crippen molar-refractivity contribution in [3.63, 3.8) is 0 Å². The molecule has 1 saturated heterocycles. The first kappa shape index (κ1) is 16.7. The third-order valence-electron chi connectivity index (χ3n) is 4.17. The summed E-state index contributed by atoms with van der Waals surface area (Å²) in [4.78, 5) is 22.7. The van der Waals surface area contributed by atoms with Gasteiger partial charge >= 0.3 is 0 Å². The van der Waals surface area contributed by atoms with Gasteiger partial charge in [-0.3, -0.25) is 9.78 Å². The number of carbonyl (C=O) groups is 1. The standard InChI is InChI=1S/C17H19ClN4O2/c18-13-1-2-16(20-10-13)21-17(24)12-4-7-22(8-5-12)15-3-6-19-14(9-15)11-23/h1-3,6,9-10,12,23H,4-5,7-8,11H2,(H,20,21,24). The molecule has 6 nitrogen and oxygen atoms in total. The molecule has 1 aliphatic heterocycles. The summed E-state index contributed by atoms with van der Waals surface area (Å²) in [5, 5.41) is 12.6. The summed E-state index contributed by atoms with van der Waals surface area (Å²) in [6.07, 6.45) is 4.76. The molecule has 0 bridgehead atoms. The van der Waals surface area contributed by atoms with Gasteiger partial charge in [-0.25, -0.2) is 4.98 Å². The van der Waals surface area contributed by atoms with Crippen LogP contribution in [0, 0.1) is 5.92 Å². The van der Waals surface area contributed by atoms with Gasteiger partial charge in [-0.15, -0.1) is 0 Å². The van der Waals surface area contributed by atoms with Crippen LogP contribution in [-0.2, 0) is 11.4 Å². The van der Waals surface area contributed by atoms with Crippen LogP contribution >= 0.6 is 11.6 Å². The number of amides is 1. The van der Waals surface area contributed by atoms with Crippen LogP contribution in [-0.4, -0.2) is 34.1 Å². The molecular formula is C17H19ClN4O2. The van der Waals surface area contributed by atoms with Crippen LogP contribution in [0.5, 0.6) is 0 Å². The summed E-state index contributed by atoms with van der Waals surface area (Å²) >= 11 is 5.79. The van der Waals surface area contributed by atoms with E-state index >= 15 is 0 Å².